The van der Waals surface area contributed by atoms with Crippen molar-refractivity contribution in [2.75, 3.05) is 18.5 Å². The van der Waals surface area contributed by atoms with Gasteiger partial charge in [-0.3, -0.25) is 0 Å². The van der Waals surface area contributed by atoms with E-state index in [1.54, 1.807) is 6.92 Å². The van der Waals surface area contributed by atoms with Gasteiger partial charge in [0.1, 0.15) is 12.1 Å². The topological polar surface area (TPSA) is 78.3 Å². The molecule has 0 amide bonds. The molecule has 0 saturated heterocycles. The molecule has 1 heterocycles. The Morgan fingerprint density at radius 1 is 1.33 bits per heavy atom. The lowest BCUT2D eigenvalue weighted by atomic mass is 10.1. The van der Waals surface area contributed by atoms with Gasteiger partial charge in [-0.1, -0.05) is 6.92 Å². The monoisotopic (exact) mass is 211 g/mol. The fraction of sp³-hybridized carbons (Fsp3) is 0.600. The number of aliphatic hydroxyl groups is 2. The van der Waals surface area contributed by atoms with Gasteiger partial charge in [-0.05, 0) is 13.3 Å². The summed E-state index contributed by atoms with van der Waals surface area (Å²) in [5.74, 6) is 0.618. The van der Waals surface area contributed by atoms with Gasteiger partial charge in [0, 0.05) is 11.8 Å². The van der Waals surface area contributed by atoms with Gasteiger partial charge < -0.3 is 15.5 Å². The minimum Gasteiger partial charge on any atom is -0.394 e. The zero-order valence-electron chi connectivity index (χ0n) is 9.06. The van der Waals surface area contributed by atoms with E-state index in [0.717, 1.165) is 12.1 Å². The molecule has 84 valence electrons. The molecule has 1 aromatic heterocycles. The number of nitrogens with one attached hydrogen (secondary N) is 1. The lowest BCUT2D eigenvalue weighted by molar-refractivity contribution is 0.147. The van der Waals surface area contributed by atoms with Crippen molar-refractivity contribution in [1.82, 2.24) is 9.97 Å². The largest absolute Gasteiger partial charge is 0.394 e. The number of anilines is 1. The zero-order valence-corrected chi connectivity index (χ0v) is 9.06. The van der Waals surface area contributed by atoms with Crippen LogP contribution in [0.15, 0.2) is 12.4 Å². The second-order valence-corrected chi connectivity index (χ2v) is 3.75. The van der Waals surface area contributed by atoms with Crippen molar-refractivity contribution in [3.63, 3.8) is 0 Å². The molecule has 5 nitrogen and oxygen atoms in total. The fourth-order valence-corrected chi connectivity index (χ4v) is 1.10. The maximum Gasteiger partial charge on any atom is 0.130 e. The summed E-state index contributed by atoms with van der Waals surface area (Å²) in [7, 11) is 0. The van der Waals surface area contributed by atoms with Crippen molar-refractivity contribution >= 4 is 5.82 Å². The van der Waals surface area contributed by atoms with Crippen LogP contribution in [0, 0.1) is 0 Å². The number of hydrogen-bond donors (Lipinski definition) is 3. The molecule has 15 heavy (non-hydrogen) atoms. The molecule has 0 fully saturated rings. The number of aromatic nitrogens is 2. The molecule has 0 aliphatic carbocycles. The van der Waals surface area contributed by atoms with E-state index in [2.05, 4.69) is 15.3 Å². The Kier molecular flexibility index (Phi) is 3.99. The SMILES string of the molecule is CCc1cc(NC(C)(CO)CO)ncn1. The molecule has 1 aromatic rings. The lowest BCUT2D eigenvalue weighted by Crippen LogP contribution is -2.42. The third-order valence-electron chi connectivity index (χ3n) is 2.21. The molecular formula is C10H17N3O2. The van der Waals surface area contributed by atoms with Crippen LogP contribution in [0.5, 0.6) is 0 Å². The van der Waals surface area contributed by atoms with Crippen LogP contribution in [-0.2, 0) is 6.42 Å². The number of aryl methyl sites for hydroxylation is 1. The van der Waals surface area contributed by atoms with Gasteiger partial charge in [0.2, 0.25) is 0 Å². The molecule has 5 heteroatoms. The van der Waals surface area contributed by atoms with Crippen LogP contribution in [0.25, 0.3) is 0 Å². The summed E-state index contributed by atoms with van der Waals surface area (Å²) >= 11 is 0. The van der Waals surface area contributed by atoms with E-state index < -0.39 is 5.54 Å². The van der Waals surface area contributed by atoms with Crippen molar-refractivity contribution in [3.8, 4) is 0 Å². The van der Waals surface area contributed by atoms with Crippen molar-refractivity contribution < 1.29 is 10.2 Å². The van der Waals surface area contributed by atoms with Crippen molar-refractivity contribution in [2.24, 2.45) is 0 Å². The highest BCUT2D eigenvalue weighted by Gasteiger charge is 2.22. The summed E-state index contributed by atoms with van der Waals surface area (Å²) < 4.78 is 0. The average Bonchev–Trinajstić information content (AvgIpc) is 2.29. The standard InChI is InChI=1S/C10H17N3O2/c1-3-8-4-9(12-7-11-8)13-10(2,5-14)6-15/h4,7,14-15H,3,5-6H2,1-2H3,(H,11,12,13). The second kappa shape index (κ2) is 5.04. The third-order valence-corrected chi connectivity index (χ3v) is 2.21. The van der Waals surface area contributed by atoms with Crippen LogP contribution in [0.1, 0.15) is 19.5 Å². The first-order valence-electron chi connectivity index (χ1n) is 4.94. The molecule has 0 atom stereocenters. The molecule has 0 aliphatic rings. The van der Waals surface area contributed by atoms with Gasteiger partial charge in [-0.2, -0.15) is 0 Å². The maximum absolute atomic E-state index is 9.11. The van der Waals surface area contributed by atoms with Crippen LogP contribution in [0.4, 0.5) is 5.82 Å². The van der Waals surface area contributed by atoms with E-state index in [0.29, 0.717) is 5.82 Å². The summed E-state index contributed by atoms with van der Waals surface area (Å²) in [6.45, 7) is 3.41. The summed E-state index contributed by atoms with van der Waals surface area (Å²) in [6.07, 6.45) is 2.29. The lowest BCUT2D eigenvalue weighted by Gasteiger charge is -2.26. The first kappa shape index (κ1) is 11.9. The van der Waals surface area contributed by atoms with Crippen molar-refractivity contribution in [1.29, 1.82) is 0 Å². The van der Waals surface area contributed by atoms with Crippen LogP contribution in [-0.4, -0.2) is 38.9 Å². The van der Waals surface area contributed by atoms with E-state index in [9.17, 15) is 0 Å². The fourth-order valence-electron chi connectivity index (χ4n) is 1.10. The predicted octanol–water partition coefficient (Wildman–Crippen LogP) is 0.194. The van der Waals surface area contributed by atoms with Gasteiger partial charge in [0.05, 0.1) is 18.8 Å². The molecule has 0 radical (unpaired) electrons. The predicted molar refractivity (Wildman–Crippen MR) is 57.6 cm³/mol. The molecule has 0 aliphatic heterocycles. The zero-order chi connectivity index (χ0) is 11.3. The normalized spacial score (nSPS) is 11.5. The van der Waals surface area contributed by atoms with Gasteiger partial charge in [0.15, 0.2) is 0 Å². The number of hydrogen-bond acceptors (Lipinski definition) is 5. The smallest absolute Gasteiger partial charge is 0.130 e. The van der Waals surface area contributed by atoms with E-state index in [4.69, 9.17) is 10.2 Å². The van der Waals surface area contributed by atoms with E-state index in [1.807, 2.05) is 13.0 Å². The highest BCUT2D eigenvalue weighted by Crippen LogP contribution is 2.12. The van der Waals surface area contributed by atoms with Crippen molar-refractivity contribution in [3.05, 3.63) is 18.1 Å². The summed E-state index contributed by atoms with van der Waals surface area (Å²) in [6, 6.07) is 1.81. The molecule has 0 saturated carbocycles. The molecular weight excluding hydrogens is 194 g/mol. The molecule has 0 aromatic carbocycles. The maximum atomic E-state index is 9.11. The Bertz CT molecular complexity index is 313. The first-order valence-corrected chi connectivity index (χ1v) is 4.94. The van der Waals surface area contributed by atoms with Gasteiger partial charge >= 0.3 is 0 Å². The second-order valence-electron chi connectivity index (χ2n) is 3.75. The molecule has 0 bridgehead atoms. The average molecular weight is 211 g/mol. The Morgan fingerprint density at radius 3 is 2.53 bits per heavy atom. The molecule has 0 spiro atoms. The Balaban J connectivity index is 2.79. The molecule has 1 rings (SSSR count). The third kappa shape index (κ3) is 3.14. The quantitative estimate of drug-likeness (QED) is 0.648. The number of nitrogens with zero attached hydrogens (tertiary/aromatic N) is 2. The Labute approximate surface area is 89.2 Å². The minimum absolute atomic E-state index is 0.158. The van der Waals surface area contributed by atoms with Crippen LogP contribution < -0.4 is 5.32 Å². The highest BCUT2D eigenvalue weighted by molar-refractivity contribution is 5.38. The number of aliphatic hydroxyl groups excluding tert-OH is 2. The van der Waals surface area contributed by atoms with E-state index in [-0.39, 0.29) is 13.2 Å². The summed E-state index contributed by atoms with van der Waals surface area (Å²) in [5.41, 5.74) is 0.171. The summed E-state index contributed by atoms with van der Waals surface area (Å²) in [4.78, 5) is 8.09. The van der Waals surface area contributed by atoms with Crippen LogP contribution >= 0.6 is 0 Å². The Morgan fingerprint density at radius 2 is 2.00 bits per heavy atom. The minimum atomic E-state index is -0.751. The van der Waals surface area contributed by atoms with Gasteiger partial charge in [-0.15, -0.1) is 0 Å². The highest BCUT2D eigenvalue weighted by atomic mass is 16.3. The van der Waals surface area contributed by atoms with Crippen molar-refractivity contribution in [2.45, 2.75) is 25.8 Å². The number of rotatable bonds is 5. The Hall–Kier alpha value is -1.20. The van der Waals surface area contributed by atoms with E-state index in [1.165, 1.54) is 6.33 Å². The van der Waals surface area contributed by atoms with Gasteiger partial charge in [-0.25, -0.2) is 9.97 Å². The van der Waals surface area contributed by atoms with Crippen LogP contribution in [0.2, 0.25) is 0 Å². The van der Waals surface area contributed by atoms with Gasteiger partial charge in [0.25, 0.3) is 0 Å². The molecule has 3 N–H and O–H groups in total. The summed E-state index contributed by atoms with van der Waals surface area (Å²) in [5, 5.41) is 21.2. The van der Waals surface area contributed by atoms with E-state index >= 15 is 0 Å². The first-order chi connectivity index (χ1) is 7.13. The molecule has 0 unspecified atom stereocenters. The van der Waals surface area contributed by atoms with Crippen LogP contribution in [0.3, 0.4) is 0 Å².